The van der Waals surface area contributed by atoms with E-state index in [0.717, 1.165) is 21.3 Å². The minimum absolute atomic E-state index is 0.709. The maximum Gasteiger partial charge on any atom is 0.163 e. The lowest BCUT2D eigenvalue weighted by molar-refractivity contribution is 0.785. The highest BCUT2D eigenvalue weighted by Crippen LogP contribution is 2.19. The van der Waals surface area contributed by atoms with Gasteiger partial charge in [0, 0.05) is 18.1 Å². The zero-order chi connectivity index (χ0) is 13.2. The molecule has 0 radical (unpaired) electrons. The van der Waals surface area contributed by atoms with Gasteiger partial charge in [-0.1, -0.05) is 28.1 Å². The van der Waals surface area contributed by atoms with Crippen molar-refractivity contribution in [2.24, 2.45) is 7.05 Å². The van der Waals surface area contributed by atoms with Crippen LogP contribution in [0.3, 0.4) is 0 Å². The number of nitrogens with one attached hydrogen (secondary N) is 1. The normalized spacial score (nSPS) is 10.8. The van der Waals surface area contributed by atoms with Gasteiger partial charge in [0.1, 0.15) is 12.1 Å². The smallest absolute Gasteiger partial charge is 0.163 e. The van der Waals surface area contributed by atoms with Crippen LogP contribution in [0.2, 0.25) is 0 Å². The highest BCUT2D eigenvalue weighted by Gasteiger charge is 2.07. The Morgan fingerprint density at radius 1 is 1.32 bits per heavy atom. The largest absolute Gasteiger partial charge is 0.365 e. The van der Waals surface area contributed by atoms with Crippen LogP contribution in [0.15, 0.2) is 41.3 Å². The monoisotopic (exact) mass is 317 g/mol. The van der Waals surface area contributed by atoms with E-state index in [-0.39, 0.29) is 0 Å². The van der Waals surface area contributed by atoms with E-state index in [4.69, 9.17) is 0 Å². The molecule has 0 aliphatic rings. The van der Waals surface area contributed by atoms with Crippen LogP contribution in [0.1, 0.15) is 5.56 Å². The van der Waals surface area contributed by atoms with Crippen LogP contribution < -0.4 is 5.32 Å². The van der Waals surface area contributed by atoms with Crippen LogP contribution in [0.4, 0.5) is 5.82 Å². The summed E-state index contributed by atoms with van der Waals surface area (Å²) in [5.41, 5.74) is 2.01. The van der Waals surface area contributed by atoms with E-state index in [1.807, 2.05) is 19.2 Å². The summed E-state index contributed by atoms with van der Waals surface area (Å²) in [5, 5.41) is 8.44. The van der Waals surface area contributed by atoms with Crippen molar-refractivity contribution < 1.29 is 0 Å². The standard InChI is InChI=1S/C13H12BrN5/c1-19-13-11(7-18-19)12(16-8-17-13)15-6-9-3-2-4-10(14)5-9/h2-5,7-8H,6H2,1H3,(H,15,16,17). The van der Waals surface area contributed by atoms with Crippen LogP contribution in [0, 0.1) is 0 Å². The van der Waals surface area contributed by atoms with E-state index in [2.05, 4.69) is 48.4 Å². The molecule has 0 amide bonds. The van der Waals surface area contributed by atoms with Crippen LogP contribution in [-0.2, 0) is 13.6 Å². The van der Waals surface area contributed by atoms with Gasteiger partial charge in [0.05, 0.1) is 11.6 Å². The Morgan fingerprint density at radius 3 is 3.05 bits per heavy atom. The highest BCUT2D eigenvalue weighted by molar-refractivity contribution is 9.10. The van der Waals surface area contributed by atoms with Gasteiger partial charge >= 0.3 is 0 Å². The molecule has 3 aromatic rings. The van der Waals surface area contributed by atoms with E-state index in [1.165, 1.54) is 5.56 Å². The van der Waals surface area contributed by atoms with Gasteiger partial charge in [-0.15, -0.1) is 0 Å². The molecule has 5 nitrogen and oxygen atoms in total. The van der Waals surface area contributed by atoms with Crippen LogP contribution >= 0.6 is 15.9 Å². The lowest BCUT2D eigenvalue weighted by Gasteiger charge is -2.06. The third kappa shape index (κ3) is 2.44. The molecule has 0 atom stereocenters. The second kappa shape index (κ2) is 4.97. The first-order valence-corrected chi connectivity index (χ1v) is 6.64. The van der Waals surface area contributed by atoms with Crippen molar-refractivity contribution in [3.05, 3.63) is 46.8 Å². The molecular weight excluding hydrogens is 306 g/mol. The van der Waals surface area contributed by atoms with E-state index in [0.29, 0.717) is 6.54 Å². The molecule has 0 aliphatic carbocycles. The number of benzene rings is 1. The first-order valence-electron chi connectivity index (χ1n) is 5.85. The Morgan fingerprint density at radius 2 is 2.21 bits per heavy atom. The van der Waals surface area contributed by atoms with Gasteiger partial charge in [-0.05, 0) is 17.7 Å². The number of aryl methyl sites for hydroxylation is 1. The third-order valence-corrected chi connectivity index (χ3v) is 3.37. The molecule has 19 heavy (non-hydrogen) atoms. The number of fused-ring (bicyclic) bond motifs is 1. The molecule has 2 heterocycles. The predicted molar refractivity (Wildman–Crippen MR) is 77.8 cm³/mol. The van der Waals surface area contributed by atoms with Crippen molar-refractivity contribution in [2.75, 3.05) is 5.32 Å². The van der Waals surface area contributed by atoms with Crippen molar-refractivity contribution in [3.63, 3.8) is 0 Å². The van der Waals surface area contributed by atoms with Gasteiger partial charge in [0.25, 0.3) is 0 Å². The van der Waals surface area contributed by atoms with Crippen LogP contribution in [0.25, 0.3) is 11.0 Å². The molecule has 1 N–H and O–H groups in total. The van der Waals surface area contributed by atoms with Crippen LogP contribution in [-0.4, -0.2) is 19.7 Å². The molecule has 0 unspecified atom stereocenters. The molecule has 6 heteroatoms. The summed E-state index contributed by atoms with van der Waals surface area (Å²) < 4.78 is 2.81. The Labute approximate surface area is 118 Å². The van der Waals surface area contributed by atoms with Gasteiger partial charge in [-0.3, -0.25) is 4.68 Å². The molecule has 96 valence electrons. The predicted octanol–water partition coefficient (Wildman–Crippen LogP) is 2.74. The second-order valence-electron chi connectivity index (χ2n) is 4.21. The highest BCUT2D eigenvalue weighted by atomic mass is 79.9. The average Bonchev–Trinajstić information content (AvgIpc) is 2.79. The SMILES string of the molecule is Cn1ncc2c(NCc3cccc(Br)c3)ncnc21. The van der Waals surface area contributed by atoms with Crippen LogP contribution in [0.5, 0.6) is 0 Å². The average molecular weight is 318 g/mol. The molecular formula is C13H12BrN5. The van der Waals surface area contributed by atoms with Crippen molar-refractivity contribution in [2.45, 2.75) is 6.54 Å². The molecule has 3 rings (SSSR count). The summed E-state index contributed by atoms with van der Waals surface area (Å²) in [6, 6.07) is 8.17. The summed E-state index contributed by atoms with van der Waals surface area (Å²) in [6.07, 6.45) is 3.33. The van der Waals surface area contributed by atoms with Crippen molar-refractivity contribution in [1.29, 1.82) is 0 Å². The summed E-state index contributed by atoms with van der Waals surface area (Å²) in [5.74, 6) is 0.804. The zero-order valence-electron chi connectivity index (χ0n) is 10.3. The number of rotatable bonds is 3. The molecule has 0 aliphatic heterocycles. The lowest BCUT2D eigenvalue weighted by Crippen LogP contribution is -2.02. The number of aromatic nitrogens is 4. The molecule has 0 fully saturated rings. The zero-order valence-corrected chi connectivity index (χ0v) is 11.9. The fraction of sp³-hybridized carbons (Fsp3) is 0.154. The van der Waals surface area contributed by atoms with Crippen molar-refractivity contribution in [1.82, 2.24) is 19.7 Å². The number of hydrogen-bond acceptors (Lipinski definition) is 4. The summed E-state index contributed by atoms with van der Waals surface area (Å²) in [4.78, 5) is 8.48. The second-order valence-corrected chi connectivity index (χ2v) is 5.13. The maximum absolute atomic E-state index is 4.27. The summed E-state index contributed by atoms with van der Waals surface area (Å²) >= 11 is 3.46. The fourth-order valence-corrected chi connectivity index (χ4v) is 2.38. The number of nitrogens with zero attached hydrogens (tertiary/aromatic N) is 4. The lowest BCUT2D eigenvalue weighted by atomic mass is 10.2. The van der Waals surface area contributed by atoms with Crippen molar-refractivity contribution in [3.8, 4) is 0 Å². The van der Waals surface area contributed by atoms with Gasteiger partial charge in [0.2, 0.25) is 0 Å². The minimum Gasteiger partial charge on any atom is -0.365 e. The Hall–Kier alpha value is -1.95. The van der Waals surface area contributed by atoms with Gasteiger partial charge in [-0.25, -0.2) is 9.97 Å². The topological polar surface area (TPSA) is 55.6 Å². The first kappa shape index (κ1) is 12.1. The van der Waals surface area contributed by atoms with Crippen molar-refractivity contribution >= 4 is 32.8 Å². The maximum atomic E-state index is 4.27. The summed E-state index contributed by atoms with van der Waals surface area (Å²) in [6.45, 7) is 0.709. The van der Waals surface area contributed by atoms with E-state index >= 15 is 0 Å². The molecule has 0 saturated carbocycles. The number of halogens is 1. The Bertz CT molecular complexity index is 722. The molecule has 1 aromatic carbocycles. The first-order chi connectivity index (χ1) is 9.24. The minimum atomic E-state index is 0.709. The Balaban J connectivity index is 1.86. The Kier molecular flexibility index (Phi) is 3.16. The van der Waals surface area contributed by atoms with Gasteiger partial charge in [-0.2, -0.15) is 5.10 Å². The van der Waals surface area contributed by atoms with E-state index < -0.39 is 0 Å². The fourth-order valence-electron chi connectivity index (χ4n) is 1.94. The quantitative estimate of drug-likeness (QED) is 0.807. The molecule has 0 bridgehead atoms. The molecule has 0 saturated heterocycles. The summed E-state index contributed by atoms with van der Waals surface area (Å²) in [7, 11) is 1.87. The van der Waals surface area contributed by atoms with E-state index in [9.17, 15) is 0 Å². The molecule has 0 spiro atoms. The molecule has 2 aromatic heterocycles. The van der Waals surface area contributed by atoms with E-state index in [1.54, 1.807) is 17.2 Å². The number of anilines is 1. The van der Waals surface area contributed by atoms with Gasteiger partial charge in [0.15, 0.2) is 5.65 Å². The number of hydrogen-bond donors (Lipinski definition) is 1. The third-order valence-electron chi connectivity index (χ3n) is 2.88. The van der Waals surface area contributed by atoms with Gasteiger partial charge < -0.3 is 5.32 Å².